The molecule has 4 heteroatoms. The molecule has 0 aliphatic carbocycles. The molecule has 1 atom stereocenters. The maximum atomic E-state index is 12.0. The van der Waals surface area contributed by atoms with Gasteiger partial charge in [-0.3, -0.25) is 0 Å². The number of rotatable bonds is 11. The summed E-state index contributed by atoms with van der Waals surface area (Å²) in [6, 6.07) is 0. The molecule has 0 aromatic heterocycles. The predicted octanol–water partition coefficient (Wildman–Crippen LogP) is 4.79. The molecule has 0 aromatic carbocycles. The van der Waals surface area contributed by atoms with Gasteiger partial charge in [-0.1, -0.05) is 53.7 Å². The minimum Gasteiger partial charge on any atom is -0.419 e. The van der Waals surface area contributed by atoms with Gasteiger partial charge in [0.25, 0.3) is 5.79 Å². The lowest BCUT2D eigenvalue weighted by Gasteiger charge is -2.34. The monoisotopic (exact) mass is 324 g/mol. The molecule has 0 rings (SSSR count). The van der Waals surface area contributed by atoms with E-state index in [9.17, 15) is 9.59 Å². The zero-order valence-electron chi connectivity index (χ0n) is 15.3. The number of carbonyl (C=O) groups excluding carboxylic acids is 2. The van der Waals surface area contributed by atoms with Crippen LogP contribution >= 0.6 is 0 Å². The molecular weight excluding hydrogens is 292 g/mol. The Kier molecular flexibility index (Phi) is 9.54. The highest BCUT2D eigenvalue weighted by Gasteiger charge is 2.38. The molecule has 4 nitrogen and oxygen atoms in total. The molecule has 0 amide bonds. The molecule has 1 unspecified atom stereocenters. The van der Waals surface area contributed by atoms with Crippen LogP contribution in [-0.4, -0.2) is 17.7 Å². The summed E-state index contributed by atoms with van der Waals surface area (Å²) < 4.78 is 11.0. The third-order valence-corrected chi connectivity index (χ3v) is 3.39. The van der Waals surface area contributed by atoms with Crippen molar-refractivity contribution >= 4 is 11.9 Å². The fraction of sp³-hybridized carbons (Fsp3) is 0.684. The summed E-state index contributed by atoms with van der Waals surface area (Å²) in [5.41, 5.74) is 0.287. The van der Waals surface area contributed by atoms with Gasteiger partial charge in [0.05, 0.1) is 0 Å². The van der Waals surface area contributed by atoms with E-state index in [1.807, 2.05) is 13.8 Å². The minimum atomic E-state index is -1.24. The van der Waals surface area contributed by atoms with Gasteiger partial charge in [0, 0.05) is 24.5 Å². The van der Waals surface area contributed by atoms with E-state index in [0.29, 0.717) is 18.8 Å². The predicted molar refractivity (Wildman–Crippen MR) is 92.7 cm³/mol. The molecule has 23 heavy (non-hydrogen) atoms. The van der Waals surface area contributed by atoms with Crippen LogP contribution in [0.4, 0.5) is 0 Å². The number of ether oxygens (including phenoxy) is 2. The van der Waals surface area contributed by atoms with Crippen LogP contribution in [0, 0.1) is 11.8 Å². The summed E-state index contributed by atoms with van der Waals surface area (Å²) in [6.45, 7) is 16.9. The lowest BCUT2D eigenvalue weighted by Crippen LogP contribution is -2.41. The highest BCUT2D eigenvalue weighted by Crippen LogP contribution is 2.31. The first-order valence-corrected chi connectivity index (χ1v) is 8.36. The van der Waals surface area contributed by atoms with Gasteiger partial charge in [-0.2, -0.15) is 0 Å². The zero-order chi connectivity index (χ0) is 18.0. The normalized spacial score (nSPS) is 13.5. The highest BCUT2D eigenvalue weighted by atomic mass is 16.7. The molecule has 0 aliphatic rings. The Labute approximate surface area is 140 Å². The highest BCUT2D eigenvalue weighted by molar-refractivity contribution is 5.87. The van der Waals surface area contributed by atoms with Gasteiger partial charge in [0.2, 0.25) is 0 Å². The second kappa shape index (κ2) is 10.2. The van der Waals surface area contributed by atoms with E-state index in [-0.39, 0.29) is 11.5 Å². The molecule has 0 saturated carbocycles. The molecule has 0 aromatic rings. The average molecular weight is 324 g/mol. The van der Waals surface area contributed by atoms with Crippen molar-refractivity contribution in [3.05, 3.63) is 24.8 Å². The number of hydrogen-bond donors (Lipinski definition) is 0. The lowest BCUT2D eigenvalue weighted by atomic mass is 9.95. The van der Waals surface area contributed by atoms with Crippen molar-refractivity contribution < 1.29 is 19.1 Å². The Morgan fingerprint density at radius 1 is 1.09 bits per heavy atom. The first-order chi connectivity index (χ1) is 10.6. The van der Waals surface area contributed by atoms with Gasteiger partial charge < -0.3 is 9.47 Å². The molecule has 0 radical (unpaired) electrons. The second-order valence-corrected chi connectivity index (χ2v) is 6.94. The van der Waals surface area contributed by atoms with Crippen molar-refractivity contribution in [1.29, 1.82) is 0 Å². The van der Waals surface area contributed by atoms with Crippen LogP contribution in [0.1, 0.15) is 66.7 Å². The molecule has 0 bridgehead atoms. The number of hydrogen-bond acceptors (Lipinski definition) is 4. The maximum Gasteiger partial charge on any atom is 0.336 e. The summed E-state index contributed by atoms with van der Waals surface area (Å²) in [5.74, 6) is -1.54. The number of unbranched alkanes of at least 4 members (excludes halogenated alkanes) is 1. The van der Waals surface area contributed by atoms with Crippen LogP contribution in [0.15, 0.2) is 24.8 Å². The van der Waals surface area contributed by atoms with Gasteiger partial charge in [-0.15, -0.1) is 0 Å². The molecule has 132 valence electrons. The zero-order valence-corrected chi connectivity index (χ0v) is 15.3. The van der Waals surface area contributed by atoms with Crippen molar-refractivity contribution in [2.45, 2.75) is 72.5 Å². The Morgan fingerprint density at radius 2 is 1.70 bits per heavy atom. The molecular formula is C19H32O4. The van der Waals surface area contributed by atoms with E-state index in [4.69, 9.17) is 9.47 Å². The molecule has 0 heterocycles. The van der Waals surface area contributed by atoms with Gasteiger partial charge in [-0.05, 0) is 25.2 Å². The van der Waals surface area contributed by atoms with Gasteiger partial charge >= 0.3 is 11.9 Å². The molecule has 0 saturated heterocycles. The Morgan fingerprint density at radius 3 is 2.13 bits per heavy atom. The van der Waals surface area contributed by atoms with E-state index in [1.54, 1.807) is 6.92 Å². The van der Waals surface area contributed by atoms with Crippen molar-refractivity contribution in [3.8, 4) is 0 Å². The van der Waals surface area contributed by atoms with E-state index in [0.717, 1.165) is 25.3 Å². The van der Waals surface area contributed by atoms with E-state index < -0.39 is 17.7 Å². The summed E-state index contributed by atoms with van der Waals surface area (Å²) in [5, 5.41) is 0. The molecule has 0 aliphatic heterocycles. The second-order valence-electron chi connectivity index (χ2n) is 6.94. The smallest absolute Gasteiger partial charge is 0.336 e. The van der Waals surface area contributed by atoms with Crippen LogP contribution in [-0.2, 0) is 19.1 Å². The van der Waals surface area contributed by atoms with Crippen LogP contribution in [0.25, 0.3) is 0 Å². The Bertz CT molecular complexity index is 423. The van der Waals surface area contributed by atoms with Crippen LogP contribution in [0.5, 0.6) is 0 Å². The third kappa shape index (κ3) is 9.22. The fourth-order valence-electron chi connectivity index (χ4n) is 2.36. The van der Waals surface area contributed by atoms with Crippen molar-refractivity contribution in [2.75, 3.05) is 0 Å². The molecule has 0 spiro atoms. The first-order valence-electron chi connectivity index (χ1n) is 8.36. The van der Waals surface area contributed by atoms with Crippen molar-refractivity contribution in [1.82, 2.24) is 0 Å². The summed E-state index contributed by atoms with van der Waals surface area (Å²) >= 11 is 0. The minimum absolute atomic E-state index is 0.204. The maximum absolute atomic E-state index is 12.0. The van der Waals surface area contributed by atoms with Gasteiger partial charge in [0.1, 0.15) is 0 Å². The Balaban J connectivity index is 5.19. The van der Waals surface area contributed by atoms with E-state index in [2.05, 4.69) is 27.0 Å². The fourth-order valence-corrected chi connectivity index (χ4v) is 2.36. The summed E-state index contributed by atoms with van der Waals surface area (Å²) in [4.78, 5) is 23.8. The first kappa shape index (κ1) is 21.4. The average Bonchev–Trinajstić information content (AvgIpc) is 2.42. The Hall–Kier alpha value is -1.58. The van der Waals surface area contributed by atoms with Crippen molar-refractivity contribution in [3.63, 3.8) is 0 Å². The summed E-state index contributed by atoms with van der Waals surface area (Å²) in [7, 11) is 0. The summed E-state index contributed by atoms with van der Waals surface area (Å²) in [6.07, 6.45) is 4.93. The standard InChI is InChI=1S/C19H32O4/c1-8-17(20)22-19(13-15(4)5,23-18(21)16(6)7)12-10-9-11-14(2)3/h8,14-15H,1,6,9-13H2,2-5,7H3. The van der Waals surface area contributed by atoms with E-state index >= 15 is 0 Å². The number of carbonyl (C=O) groups is 2. The van der Waals surface area contributed by atoms with Crippen LogP contribution < -0.4 is 0 Å². The third-order valence-electron chi connectivity index (χ3n) is 3.39. The van der Waals surface area contributed by atoms with Crippen LogP contribution in [0.3, 0.4) is 0 Å². The van der Waals surface area contributed by atoms with E-state index in [1.165, 1.54) is 0 Å². The molecule has 0 fully saturated rings. The van der Waals surface area contributed by atoms with Gasteiger partial charge in [-0.25, -0.2) is 9.59 Å². The topological polar surface area (TPSA) is 52.6 Å². The SMILES string of the molecule is C=CC(=O)OC(CCCCC(C)C)(CC(C)C)OC(=O)C(=C)C. The van der Waals surface area contributed by atoms with Crippen molar-refractivity contribution in [2.24, 2.45) is 11.8 Å². The van der Waals surface area contributed by atoms with Crippen LogP contribution in [0.2, 0.25) is 0 Å². The number of esters is 2. The molecule has 0 N–H and O–H groups in total. The quantitative estimate of drug-likeness (QED) is 0.237. The van der Waals surface area contributed by atoms with Gasteiger partial charge in [0.15, 0.2) is 0 Å². The largest absolute Gasteiger partial charge is 0.419 e. The lowest BCUT2D eigenvalue weighted by molar-refractivity contribution is -0.231.